The minimum atomic E-state index is -0.487. The SMILES string of the molecule is Cc1ccnc(OCC2CCCCN2C(=O)OC(C)(C)C)n1. The first-order valence-electron chi connectivity index (χ1n) is 7.77. The molecule has 2 heterocycles. The van der Waals surface area contributed by atoms with E-state index in [1.54, 1.807) is 11.1 Å². The van der Waals surface area contributed by atoms with Gasteiger partial charge in [0.1, 0.15) is 12.2 Å². The van der Waals surface area contributed by atoms with Crippen molar-refractivity contribution in [3.8, 4) is 6.01 Å². The van der Waals surface area contributed by atoms with Gasteiger partial charge < -0.3 is 14.4 Å². The van der Waals surface area contributed by atoms with Crippen LogP contribution in [0.25, 0.3) is 0 Å². The maximum Gasteiger partial charge on any atom is 0.410 e. The van der Waals surface area contributed by atoms with Crippen molar-refractivity contribution in [1.29, 1.82) is 0 Å². The predicted molar refractivity (Wildman–Crippen MR) is 82.8 cm³/mol. The van der Waals surface area contributed by atoms with Crippen molar-refractivity contribution in [3.63, 3.8) is 0 Å². The summed E-state index contributed by atoms with van der Waals surface area (Å²) in [6.45, 7) is 8.62. The summed E-state index contributed by atoms with van der Waals surface area (Å²) in [5.41, 5.74) is 0.372. The molecule has 1 aliphatic rings. The van der Waals surface area contributed by atoms with Crippen molar-refractivity contribution in [2.45, 2.75) is 58.6 Å². The molecule has 0 aliphatic carbocycles. The van der Waals surface area contributed by atoms with Gasteiger partial charge in [0.05, 0.1) is 6.04 Å². The summed E-state index contributed by atoms with van der Waals surface area (Å²) >= 11 is 0. The van der Waals surface area contributed by atoms with Crippen LogP contribution in [0.4, 0.5) is 4.79 Å². The van der Waals surface area contributed by atoms with Crippen LogP contribution in [0.2, 0.25) is 0 Å². The van der Waals surface area contributed by atoms with Crippen LogP contribution < -0.4 is 4.74 Å². The fourth-order valence-electron chi connectivity index (χ4n) is 2.40. The Hall–Kier alpha value is -1.85. The Morgan fingerprint density at radius 3 is 2.86 bits per heavy atom. The molecule has 1 fully saturated rings. The lowest BCUT2D eigenvalue weighted by atomic mass is 10.0. The van der Waals surface area contributed by atoms with Crippen LogP contribution in [0.5, 0.6) is 6.01 Å². The Balaban J connectivity index is 1.96. The number of likely N-dealkylation sites (tertiary alicyclic amines) is 1. The second-order valence-electron chi connectivity index (χ2n) is 6.61. The third-order valence-electron chi connectivity index (χ3n) is 3.43. The van der Waals surface area contributed by atoms with E-state index in [1.165, 1.54) is 0 Å². The molecule has 1 aromatic rings. The molecule has 0 radical (unpaired) electrons. The van der Waals surface area contributed by atoms with E-state index in [0.717, 1.165) is 25.0 Å². The second kappa shape index (κ2) is 6.94. The number of hydrogen-bond acceptors (Lipinski definition) is 5. The number of carbonyl (C=O) groups is 1. The van der Waals surface area contributed by atoms with Crippen LogP contribution in [-0.4, -0.2) is 45.8 Å². The molecule has 1 saturated heterocycles. The number of aryl methyl sites for hydroxylation is 1. The summed E-state index contributed by atoms with van der Waals surface area (Å²) in [6.07, 6.45) is 4.39. The molecule has 0 N–H and O–H groups in total. The van der Waals surface area contributed by atoms with Crippen molar-refractivity contribution in [1.82, 2.24) is 14.9 Å². The van der Waals surface area contributed by atoms with E-state index >= 15 is 0 Å². The van der Waals surface area contributed by atoms with Crippen molar-refractivity contribution < 1.29 is 14.3 Å². The normalized spacial score (nSPS) is 18.9. The third kappa shape index (κ3) is 4.86. The summed E-state index contributed by atoms with van der Waals surface area (Å²) in [5.74, 6) is 0. The summed E-state index contributed by atoms with van der Waals surface area (Å²) < 4.78 is 11.1. The first kappa shape index (κ1) is 16.5. The molecule has 6 heteroatoms. The quantitative estimate of drug-likeness (QED) is 0.859. The van der Waals surface area contributed by atoms with Crippen molar-refractivity contribution in [2.75, 3.05) is 13.2 Å². The first-order chi connectivity index (χ1) is 10.3. The van der Waals surface area contributed by atoms with Crippen molar-refractivity contribution in [3.05, 3.63) is 18.0 Å². The van der Waals surface area contributed by atoms with Gasteiger partial charge in [-0.3, -0.25) is 0 Å². The lowest BCUT2D eigenvalue weighted by Gasteiger charge is -2.36. The van der Waals surface area contributed by atoms with Crippen LogP contribution in [0.15, 0.2) is 12.3 Å². The smallest absolute Gasteiger partial charge is 0.410 e. The summed E-state index contributed by atoms with van der Waals surface area (Å²) in [7, 11) is 0. The van der Waals surface area contributed by atoms with E-state index in [2.05, 4.69) is 9.97 Å². The van der Waals surface area contributed by atoms with Crippen LogP contribution in [0.3, 0.4) is 0 Å². The van der Waals surface area contributed by atoms with Crippen LogP contribution in [0.1, 0.15) is 45.7 Å². The fourth-order valence-corrected chi connectivity index (χ4v) is 2.40. The Kier molecular flexibility index (Phi) is 5.21. The van der Waals surface area contributed by atoms with Gasteiger partial charge in [-0.1, -0.05) is 0 Å². The number of ether oxygens (including phenoxy) is 2. The zero-order valence-corrected chi connectivity index (χ0v) is 13.8. The summed E-state index contributed by atoms with van der Waals surface area (Å²) in [6, 6.07) is 2.18. The lowest BCUT2D eigenvalue weighted by Crippen LogP contribution is -2.48. The van der Waals surface area contributed by atoms with Gasteiger partial charge in [0.15, 0.2) is 0 Å². The second-order valence-corrected chi connectivity index (χ2v) is 6.61. The fraction of sp³-hybridized carbons (Fsp3) is 0.688. The van der Waals surface area contributed by atoms with Crippen molar-refractivity contribution >= 4 is 6.09 Å². The van der Waals surface area contributed by atoms with Crippen molar-refractivity contribution in [2.24, 2.45) is 0 Å². The maximum atomic E-state index is 12.3. The number of carbonyl (C=O) groups excluding carboxylic acids is 1. The number of aromatic nitrogens is 2. The topological polar surface area (TPSA) is 64.5 Å². The Labute approximate surface area is 131 Å². The Morgan fingerprint density at radius 2 is 2.18 bits per heavy atom. The predicted octanol–water partition coefficient (Wildman–Crippen LogP) is 2.95. The van der Waals surface area contributed by atoms with Gasteiger partial charge in [-0.15, -0.1) is 0 Å². The molecule has 1 unspecified atom stereocenters. The standard InChI is InChI=1S/C16H25N3O3/c1-12-8-9-17-14(18-12)21-11-13-7-5-6-10-19(13)15(20)22-16(2,3)4/h8-9,13H,5-7,10-11H2,1-4H3. The number of hydrogen-bond donors (Lipinski definition) is 0. The van der Waals surface area contributed by atoms with E-state index in [4.69, 9.17) is 9.47 Å². The molecule has 0 saturated carbocycles. The number of piperidine rings is 1. The molecule has 1 atom stereocenters. The molecule has 22 heavy (non-hydrogen) atoms. The van der Waals surface area contributed by atoms with Gasteiger partial charge in [-0.05, 0) is 53.0 Å². The third-order valence-corrected chi connectivity index (χ3v) is 3.43. The average molecular weight is 307 g/mol. The van der Waals surface area contributed by atoms with E-state index < -0.39 is 5.60 Å². The first-order valence-corrected chi connectivity index (χ1v) is 7.77. The van der Waals surface area contributed by atoms with E-state index in [0.29, 0.717) is 19.2 Å². The number of nitrogens with zero attached hydrogens (tertiary/aromatic N) is 3. The molecule has 1 aromatic heterocycles. The molecule has 1 amide bonds. The largest absolute Gasteiger partial charge is 0.461 e. The van der Waals surface area contributed by atoms with E-state index in [9.17, 15) is 4.79 Å². The molecule has 2 rings (SSSR count). The molecule has 0 bridgehead atoms. The molecule has 0 spiro atoms. The molecule has 1 aliphatic heterocycles. The summed E-state index contributed by atoms with van der Waals surface area (Å²) in [4.78, 5) is 22.4. The average Bonchev–Trinajstić information content (AvgIpc) is 2.44. The van der Waals surface area contributed by atoms with Gasteiger partial charge in [0.25, 0.3) is 0 Å². The molecule has 122 valence electrons. The monoisotopic (exact) mass is 307 g/mol. The molecule has 6 nitrogen and oxygen atoms in total. The van der Waals surface area contributed by atoms with E-state index in [-0.39, 0.29) is 12.1 Å². The highest BCUT2D eigenvalue weighted by Crippen LogP contribution is 2.21. The highest BCUT2D eigenvalue weighted by atomic mass is 16.6. The minimum absolute atomic E-state index is 0.00714. The van der Waals surface area contributed by atoms with Gasteiger partial charge in [0, 0.05) is 18.4 Å². The summed E-state index contributed by atoms with van der Waals surface area (Å²) in [5, 5.41) is 0. The lowest BCUT2D eigenvalue weighted by molar-refractivity contribution is 0.00304. The van der Waals surface area contributed by atoms with E-state index in [1.807, 2.05) is 33.8 Å². The Morgan fingerprint density at radius 1 is 1.41 bits per heavy atom. The highest BCUT2D eigenvalue weighted by Gasteiger charge is 2.31. The minimum Gasteiger partial charge on any atom is -0.461 e. The van der Waals surface area contributed by atoms with Gasteiger partial charge in [0.2, 0.25) is 0 Å². The molecule has 0 aromatic carbocycles. The number of amides is 1. The number of rotatable bonds is 3. The van der Waals surface area contributed by atoms with Crippen LogP contribution >= 0.6 is 0 Å². The van der Waals surface area contributed by atoms with Gasteiger partial charge in [-0.25, -0.2) is 14.8 Å². The highest BCUT2D eigenvalue weighted by molar-refractivity contribution is 5.68. The van der Waals surface area contributed by atoms with Gasteiger partial charge in [-0.2, -0.15) is 0 Å². The maximum absolute atomic E-state index is 12.3. The molecular formula is C16H25N3O3. The zero-order valence-electron chi connectivity index (χ0n) is 13.8. The van der Waals surface area contributed by atoms with Crippen LogP contribution in [-0.2, 0) is 4.74 Å². The zero-order chi connectivity index (χ0) is 16.2. The Bertz CT molecular complexity index is 514. The molecular weight excluding hydrogens is 282 g/mol. The van der Waals surface area contributed by atoms with Gasteiger partial charge >= 0.3 is 12.1 Å². The van der Waals surface area contributed by atoms with Crippen LogP contribution in [0, 0.1) is 6.92 Å².